The van der Waals surface area contributed by atoms with Crippen LogP contribution in [0, 0.1) is 13.8 Å². The minimum atomic E-state index is -0.259. The maximum absolute atomic E-state index is 12.7. The van der Waals surface area contributed by atoms with Gasteiger partial charge in [-0.05, 0) is 45.2 Å². The van der Waals surface area contributed by atoms with Crippen LogP contribution in [-0.4, -0.2) is 33.6 Å². The van der Waals surface area contributed by atoms with Crippen molar-refractivity contribution in [2.45, 2.75) is 46.1 Å². The number of amides is 2. The first kappa shape index (κ1) is 21.5. The lowest BCUT2D eigenvalue weighted by Gasteiger charge is -2.13. The van der Waals surface area contributed by atoms with E-state index in [1.165, 1.54) is 0 Å². The van der Waals surface area contributed by atoms with Gasteiger partial charge in [-0.3, -0.25) is 9.59 Å². The molecule has 3 aromatic rings. The molecule has 1 aliphatic carbocycles. The fourth-order valence-electron chi connectivity index (χ4n) is 3.93. The van der Waals surface area contributed by atoms with Crippen molar-refractivity contribution in [2.75, 3.05) is 6.54 Å². The van der Waals surface area contributed by atoms with Gasteiger partial charge in [-0.15, -0.1) is 0 Å². The quantitative estimate of drug-likeness (QED) is 0.440. The summed E-state index contributed by atoms with van der Waals surface area (Å²) in [6.45, 7) is 5.13. The zero-order valence-electron chi connectivity index (χ0n) is 18.4. The Bertz CT molecular complexity index is 1140. The average Bonchev–Trinajstić information content (AvgIpc) is 3.43. The van der Waals surface area contributed by atoms with E-state index in [1.54, 1.807) is 18.6 Å². The summed E-state index contributed by atoms with van der Waals surface area (Å²) in [5, 5.41) is 7.31. The Kier molecular flexibility index (Phi) is 6.49. The molecule has 1 aliphatic rings. The molecule has 0 fully saturated rings. The van der Waals surface area contributed by atoms with Gasteiger partial charge in [-0.2, -0.15) is 5.10 Å². The minimum Gasteiger partial charge on any atom is -0.455 e. The second-order valence-corrected chi connectivity index (χ2v) is 7.99. The Morgan fingerprint density at radius 1 is 1.22 bits per heavy atom. The molecule has 0 atom stereocenters. The van der Waals surface area contributed by atoms with E-state index in [9.17, 15) is 9.59 Å². The number of rotatable bonds is 7. The monoisotopic (exact) mass is 433 g/mol. The summed E-state index contributed by atoms with van der Waals surface area (Å²) in [5.41, 5.74) is 6.57. The third-order valence-corrected chi connectivity index (χ3v) is 5.54. The molecule has 2 aromatic heterocycles. The van der Waals surface area contributed by atoms with Crippen molar-refractivity contribution in [1.82, 2.24) is 20.3 Å². The Morgan fingerprint density at radius 3 is 2.88 bits per heavy atom. The zero-order valence-corrected chi connectivity index (χ0v) is 18.4. The first-order valence-corrected chi connectivity index (χ1v) is 10.8. The topological polar surface area (TPSA) is 102 Å². The lowest BCUT2D eigenvalue weighted by Crippen LogP contribution is -2.25. The van der Waals surface area contributed by atoms with E-state index in [1.807, 2.05) is 42.8 Å². The smallest absolute Gasteiger partial charge is 0.287 e. The molecule has 32 heavy (non-hydrogen) atoms. The van der Waals surface area contributed by atoms with Crippen LogP contribution in [-0.2, 0) is 13.0 Å². The molecule has 0 saturated carbocycles. The molecule has 0 unspecified atom stereocenters. The highest BCUT2D eigenvalue weighted by molar-refractivity contribution is 6.07. The van der Waals surface area contributed by atoms with Gasteiger partial charge in [0, 0.05) is 48.6 Å². The number of carbonyl (C=O) groups is 2. The lowest BCUT2D eigenvalue weighted by atomic mass is 9.93. The molecule has 2 amide bonds. The van der Waals surface area contributed by atoms with Crippen LogP contribution in [0.1, 0.15) is 62.6 Å². The first-order valence-electron chi connectivity index (χ1n) is 10.8. The summed E-state index contributed by atoms with van der Waals surface area (Å²) in [6.07, 6.45) is 8.49. The summed E-state index contributed by atoms with van der Waals surface area (Å²) in [7, 11) is 0. The van der Waals surface area contributed by atoms with Gasteiger partial charge in [0.25, 0.3) is 11.8 Å². The third-order valence-electron chi connectivity index (χ3n) is 5.54. The number of nitrogens with one attached hydrogen (secondary N) is 2. The number of furan rings is 1. The molecule has 0 aliphatic heterocycles. The maximum atomic E-state index is 12.7. The summed E-state index contributed by atoms with van der Waals surface area (Å²) in [4.78, 5) is 29.2. The molecule has 0 radical (unpaired) electrons. The predicted molar refractivity (Wildman–Crippen MR) is 121 cm³/mol. The molecule has 166 valence electrons. The number of aryl methyl sites for hydroxylation is 3. The van der Waals surface area contributed by atoms with Crippen LogP contribution in [0.5, 0.6) is 0 Å². The van der Waals surface area contributed by atoms with Crippen molar-refractivity contribution in [1.29, 1.82) is 0 Å². The molecule has 4 rings (SSSR count). The van der Waals surface area contributed by atoms with Crippen LogP contribution >= 0.6 is 0 Å². The molecule has 8 nitrogen and oxygen atoms in total. The maximum Gasteiger partial charge on any atom is 0.287 e. The van der Waals surface area contributed by atoms with Crippen LogP contribution < -0.4 is 10.7 Å². The van der Waals surface area contributed by atoms with Gasteiger partial charge in [0.2, 0.25) is 0 Å². The van der Waals surface area contributed by atoms with Gasteiger partial charge < -0.3 is 14.3 Å². The fraction of sp³-hybridized carbons (Fsp3) is 0.333. The standard InChI is InChI=1S/C24H27N5O3/c1-16-6-3-7-18(14-16)23(30)28-27-19-8-4-9-20-21(19)17(2)22(32-20)24(31)26-10-5-12-29-13-11-25-15-29/h3,6-7,11,13-15H,4-5,8-10,12H2,1-2H3,(H,26,31)(H,28,30)/b27-19+. The molecule has 0 saturated heterocycles. The van der Waals surface area contributed by atoms with Crippen molar-refractivity contribution in [3.63, 3.8) is 0 Å². The van der Waals surface area contributed by atoms with Gasteiger partial charge >= 0.3 is 0 Å². The Hall–Kier alpha value is -3.68. The molecule has 2 heterocycles. The number of nitrogens with zero attached hydrogens (tertiary/aromatic N) is 3. The van der Waals surface area contributed by atoms with Crippen LogP contribution in [0.4, 0.5) is 0 Å². The van der Waals surface area contributed by atoms with Crippen LogP contribution in [0.25, 0.3) is 0 Å². The number of fused-ring (bicyclic) bond motifs is 1. The molecule has 2 N–H and O–H groups in total. The lowest BCUT2D eigenvalue weighted by molar-refractivity contribution is 0.0920. The molecule has 0 bridgehead atoms. The summed E-state index contributed by atoms with van der Waals surface area (Å²) in [5.74, 6) is 0.578. The first-order chi connectivity index (χ1) is 15.5. The van der Waals surface area contributed by atoms with E-state index in [0.29, 0.717) is 24.3 Å². The van der Waals surface area contributed by atoms with Gasteiger partial charge in [0.05, 0.1) is 12.0 Å². The number of aromatic nitrogens is 2. The van der Waals surface area contributed by atoms with Gasteiger partial charge in [0.15, 0.2) is 5.76 Å². The van der Waals surface area contributed by atoms with Crippen LogP contribution in [0.2, 0.25) is 0 Å². The van der Waals surface area contributed by atoms with Crippen molar-refractivity contribution >= 4 is 17.5 Å². The van der Waals surface area contributed by atoms with E-state index in [4.69, 9.17) is 4.42 Å². The van der Waals surface area contributed by atoms with E-state index in [0.717, 1.165) is 54.0 Å². The molecule has 8 heteroatoms. The predicted octanol–water partition coefficient (Wildman–Crippen LogP) is 3.38. The molecular weight excluding hydrogens is 406 g/mol. The van der Waals surface area contributed by atoms with Gasteiger partial charge in [-0.25, -0.2) is 10.4 Å². The Morgan fingerprint density at radius 2 is 2.09 bits per heavy atom. The van der Waals surface area contributed by atoms with Crippen molar-refractivity contribution in [3.8, 4) is 0 Å². The van der Waals surface area contributed by atoms with E-state index in [-0.39, 0.29) is 11.8 Å². The number of benzene rings is 1. The average molecular weight is 434 g/mol. The van der Waals surface area contributed by atoms with Crippen LogP contribution in [0.15, 0.2) is 52.5 Å². The SMILES string of the molecule is Cc1cccc(C(=O)N/N=C2\CCCc3oc(C(=O)NCCCn4ccnc4)c(C)c32)c1. The number of carbonyl (C=O) groups excluding carboxylic acids is 2. The second-order valence-electron chi connectivity index (χ2n) is 7.99. The third kappa shape index (κ3) is 4.80. The highest BCUT2D eigenvalue weighted by Crippen LogP contribution is 2.29. The number of hydrogen-bond acceptors (Lipinski definition) is 5. The molecule has 1 aromatic carbocycles. The van der Waals surface area contributed by atoms with Gasteiger partial charge in [0.1, 0.15) is 5.76 Å². The zero-order chi connectivity index (χ0) is 22.5. The van der Waals surface area contributed by atoms with Gasteiger partial charge in [-0.1, -0.05) is 17.7 Å². The highest BCUT2D eigenvalue weighted by atomic mass is 16.4. The largest absolute Gasteiger partial charge is 0.455 e. The fourth-order valence-corrected chi connectivity index (χ4v) is 3.93. The molecular formula is C24H27N5O3. The van der Waals surface area contributed by atoms with E-state index < -0.39 is 0 Å². The van der Waals surface area contributed by atoms with Crippen molar-refractivity contribution in [3.05, 3.63) is 76.8 Å². The van der Waals surface area contributed by atoms with E-state index >= 15 is 0 Å². The Labute approximate surface area is 186 Å². The summed E-state index contributed by atoms with van der Waals surface area (Å²) < 4.78 is 7.89. The van der Waals surface area contributed by atoms with E-state index in [2.05, 4.69) is 20.8 Å². The molecule has 0 spiro atoms. The number of imidazole rings is 1. The highest BCUT2D eigenvalue weighted by Gasteiger charge is 2.28. The number of hydrogen-bond donors (Lipinski definition) is 2. The Balaban J connectivity index is 1.43. The van der Waals surface area contributed by atoms with Crippen LogP contribution in [0.3, 0.4) is 0 Å². The number of hydrazone groups is 1. The minimum absolute atomic E-state index is 0.231. The summed E-state index contributed by atoms with van der Waals surface area (Å²) >= 11 is 0. The second kappa shape index (κ2) is 9.64. The van der Waals surface area contributed by atoms with Crippen molar-refractivity contribution < 1.29 is 14.0 Å². The van der Waals surface area contributed by atoms with Crippen molar-refractivity contribution in [2.24, 2.45) is 5.10 Å². The normalized spacial score (nSPS) is 14.2. The summed E-state index contributed by atoms with van der Waals surface area (Å²) in [6, 6.07) is 7.36.